The molecule has 1 aromatic heterocycles. The second-order valence-electron chi connectivity index (χ2n) is 11.4. The van der Waals surface area contributed by atoms with Crippen LogP contribution < -0.4 is 0 Å². The largest absolute Gasteiger partial charge is 0.507 e. The summed E-state index contributed by atoms with van der Waals surface area (Å²) in [5.74, 6) is -1.72. The number of imide groups is 1. The minimum Gasteiger partial charge on any atom is -0.507 e. The van der Waals surface area contributed by atoms with E-state index in [2.05, 4.69) is 19.9 Å². The van der Waals surface area contributed by atoms with Gasteiger partial charge in [0.1, 0.15) is 5.75 Å². The van der Waals surface area contributed by atoms with Crippen molar-refractivity contribution in [3.63, 3.8) is 0 Å². The number of rotatable bonds is 12. The van der Waals surface area contributed by atoms with E-state index >= 15 is 0 Å². The number of carbonyl (C=O) groups excluding carboxylic acids is 2. The summed E-state index contributed by atoms with van der Waals surface area (Å²) >= 11 is 1.52. The van der Waals surface area contributed by atoms with Crippen LogP contribution in [0.2, 0.25) is 0 Å². The average molecular weight is 566 g/mol. The third kappa shape index (κ3) is 6.27. The molecule has 7 heteroatoms. The lowest BCUT2D eigenvalue weighted by Crippen LogP contribution is -2.39. The number of carbonyl (C=O) groups is 2. The molecule has 40 heavy (non-hydrogen) atoms. The van der Waals surface area contributed by atoms with Crippen molar-refractivity contribution in [1.82, 2.24) is 4.90 Å². The van der Waals surface area contributed by atoms with Crippen molar-refractivity contribution in [2.24, 2.45) is 17.8 Å². The fourth-order valence-electron chi connectivity index (χ4n) is 6.65. The van der Waals surface area contributed by atoms with E-state index in [9.17, 15) is 24.9 Å². The van der Waals surface area contributed by atoms with Gasteiger partial charge in [-0.05, 0) is 91.8 Å². The number of fused-ring (bicyclic) bond motifs is 1. The number of benzene rings is 1. The van der Waals surface area contributed by atoms with Crippen LogP contribution in [0.4, 0.5) is 0 Å². The van der Waals surface area contributed by atoms with E-state index in [1.807, 2.05) is 43.5 Å². The van der Waals surface area contributed by atoms with Gasteiger partial charge in [-0.15, -0.1) is 11.3 Å². The molecule has 216 valence electrons. The molecule has 2 amide bonds. The van der Waals surface area contributed by atoms with Gasteiger partial charge in [0.2, 0.25) is 11.8 Å². The maximum Gasteiger partial charge on any atom is 0.234 e. The Morgan fingerprint density at radius 3 is 2.45 bits per heavy atom. The highest BCUT2D eigenvalue weighted by atomic mass is 32.1. The number of allylic oxidation sites excluding steroid dienone is 2. The van der Waals surface area contributed by atoms with E-state index in [0.29, 0.717) is 25.0 Å². The van der Waals surface area contributed by atoms with E-state index in [1.165, 1.54) is 21.8 Å². The highest BCUT2D eigenvalue weighted by molar-refractivity contribution is 7.09. The number of aliphatic hydroxyl groups is 2. The third-order valence-corrected chi connectivity index (χ3v) is 9.33. The van der Waals surface area contributed by atoms with E-state index < -0.39 is 23.9 Å². The van der Waals surface area contributed by atoms with Gasteiger partial charge < -0.3 is 15.3 Å². The summed E-state index contributed by atoms with van der Waals surface area (Å²) in [6.07, 6.45) is 6.46. The molecule has 0 radical (unpaired) electrons. The lowest BCUT2D eigenvalue weighted by Gasteiger charge is -2.36. The van der Waals surface area contributed by atoms with Gasteiger partial charge >= 0.3 is 0 Å². The monoisotopic (exact) mass is 565 g/mol. The first-order valence-electron chi connectivity index (χ1n) is 14.6. The molecular weight excluding hydrogens is 522 g/mol. The minimum absolute atomic E-state index is 0.156. The zero-order valence-corrected chi connectivity index (χ0v) is 25.0. The Kier molecular flexibility index (Phi) is 10.0. The summed E-state index contributed by atoms with van der Waals surface area (Å²) in [4.78, 5) is 29.3. The average Bonchev–Trinajstić information content (AvgIpc) is 3.52. The number of phenols is 1. The number of hydrogen-bond donors (Lipinski definition) is 3. The molecule has 1 aromatic carbocycles. The van der Waals surface area contributed by atoms with Crippen LogP contribution in [0.1, 0.15) is 80.4 Å². The van der Waals surface area contributed by atoms with E-state index in [-0.39, 0.29) is 25.0 Å². The number of likely N-dealkylation sites (tertiary alicyclic amines) is 1. The standard InChI is InChI=1S/C33H43NO5S/c1-5-8-22(16-23-14-20(3)31(37)21(4)15-23)11-12-28(36)29-24(9-6-2)17-26-30(27(29)19-35)33(39)34(32(26)38)18-25-10-7-13-40-25/h7,10,13-16,26-28,30,35-37H,5-6,8-9,11-12,17-19H2,1-4H3/b22-16+/t26-,27+,28-,30-/m1/s1. The number of phenolic OH excluding ortho intramolecular Hbond substituents is 1. The molecule has 1 aliphatic carbocycles. The fourth-order valence-corrected chi connectivity index (χ4v) is 7.35. The smallest absolute Gasteiger partial charge is 0.234 e. The summed E-state index contributed by atoms with van der Waals surface area (Å²) in [5, 5.41) is 34.2. The Bertz CT molecular complexity index is 1250. The Labute approximate surface area is 242 Å². The van der Waals surface area contributed by atoms with Gasteiger partial charge in [-0.2, -0.15) is 0 Å². The Balaban J connectivity index is 1.58. The van der Waals surface area contributed by atoms with Crippen molar-refractivity contribution in [2.45, 2.75) is 85.3 Å². The number of thiophene rings is 1. The summed E-state index contributed by atoms with van der Waals surface area (Å²) in [5.41, 5.74) is 5.72. The first-order chi connectivity index (χ1) is 19.2. The van der Waals surface area contributed by atoms with Gasteiger partial charge in [0.15, 0.2) is 0 Å². The first-order valence-corrected chi connectivity index (χ1v) is 15.5. The molecule has 4 rings (SSSR count). The highest BCUT2D eigenvalue weighted by Gasteiger charge is 2.54. The third-order valence-electron chi connectivity index (χ3n) is 8.47. The molecule has 2 heterocycles. The summed E-state index contributed by atoms with van der Waals surface area (Å²) in [6.45, 7) is 8.00. The summed E-state index contributed by atoms with van der Waals surface area (Å²) in [7, 11) is 0. The summed E-state index contributed by atoms with van der Waals surface area (Å²) in [6, 6.07) is 7.79. The van der Waals surface area contributed by atoms with Crippen molar-refractivity contribution >= 4 is 29.2 Å². The van der Waals surface area contributed by atoms with Crippen LogP contribution >= 0.6 is 11.3 Å². The lowest BCUT2D eigenvalue weighted by atomic mass is 9.67. The van der Waals surface area contributed by atoms with Crippen LogP contribution in [-0.2, 0) is 16.1 Å². The maximum atomic E-state index is 13.6. The highest BCUT2D eigenvalue weighted by Crippen LogP contribution is 2.47. The number of nitrogens with zero attached hydrogens (tertiary/aromatic N) is 1. The molecule has 0 saturated carbocycles. The molecular formula is C33H43NO5S. The quantitative estimate of drug-likeness (QED) is 0.207. The Morgan fingerprint density at radius 1 is 1.12 bits per heavy atom. The van der Waals surface area contributed by atoms with Crippen LogP contribution in [0.15, 0.2) is 46.4 Å². The van der Waals surface area contributed by atoms with Crippen molar-refractivity contribution in [1.29, 1.82) is 0 Å². The number of amides is 2. The number of aliphatic hydroxyl groups excluding tert-OH is 2. The van der Waals surface area contributed by atoms with E-state index in [4.69, 9.17) is 0 Å². The molecule has 0 bridgehead atoms. The van der Waals surface area contributed by atoms with Crippen LogP contribution in [0.25, 0.3) is 6.08 Å². The number of aromatic hydroxyl groups is 1. The number of aryl methyl sites for hydroxylation is 2. The molecule has 3 N–H and O–H groups in total. The van der Waals surface area contributed by atoms with Crippen LogP contribution in [-0.4, -0.2) is 44.7 Å². The first kappa shape index (κ1) is 30.2. The van der Waals surface area contributed by atoms with Crippen molar-refractivity contribution in [3.8, 4) is 5.75 Å². The maximum absolute atomic E-state index is 13.6. The van der Waals surface area contributed by atoms with Crippen molar-refractivity contribution in [2.75, 3.05) is 6.61 Å². The molecule has 1 saturated heterocycles. The van der Waals surface area contributed by atoms with Gasteiger partial charge in [-0.1, -0.05) is 50.0 Å². The second-order valence-corrected chi connectivity index (χ2v) is 12.4. The molecule has 0 spiro atoms. The topological polar surface area (TPSA) is 98.1 Å². The molecule has 0 unspecified atom stereocenters. The van der Waals surface area contributed by atoms with Gasteiger partial charge in [0, 0.05) is 10.8 Å². The van der Waals surface area contributed by atoms with E-state index in [0.717, 1.165) is 58.4 Å². The predicted octanol–water partition coefficient (Wildman–Crippen LogP) is 6.31. The molecule has 1 fully saturated rings. The molecule has 2 aromatic rings. The Morgan fingerprint density at radius 2 is 1.85 bits per heavy atom. The van der Waals surface area contributed by atoms with Gasteiger partial charge in [0.25, 0.3) is 0 Å². The zero-order valence-electron chi connectivity index (χ0n) is 24.2. The fraction of sp³-hybridized carbons (Fsp3) is 0.515. The van der Waals surface area contributed by atoms with Crippen LogP contribution in [0.3, 0.4) is 0 Å². The number of hydrogen-bond acceptors (Lipinski definition) is 6. The van der Waals surface area contributed by atoms with E-state index in [1.54, 1.807) is 0 Å². The van der Waals surface area contributed by atoms with Crippen LogP contribution in [0.5, 0.6) is 5.75 Å². The summed E-state index contributed by atoms with van der Waals surface area (Å²) < 4.78 is 0. The van der Waals surface area contributed by atoms with Crippen molar-refractivity contribution in [3.05, 3.63) is 67.9 Å². The molecule has 6 nitrogen and oxygen atoms in total. The minimum atomic E-state index is -0.794. The van der Waals surface area contributed by atoms with Gasteiger partial charge in [-0.3, -0.25) is 14.5 Å². The van der Waals surface area contributed by atoms with Crippen molar-refractivity contribution < 1.29 is 24.9 Å². The Hall–Kier alpha value is -2.74. The molecule has 1 aliphatic heterocycles. The predicted molar refractivity (Wildman–Crippen MR) is 160 cm³/mol. The zero-order chi connectivity index (χ0) is 29.0. The van der Waals surface area contributed by atoms with Gasteiger partial charge in [-0.25, -0.2) is 0 Å². The lowest BCUT2D eigenvalue weighted by molar-refractivity contribution is -0.140. The molecule has 4 atom stereocenters. The van der Waals surface area contributed by atoms with Crippen LogP contribution in [0, 0.1) is 31.6 Å². The normalized spacial score (nSPS) is 22.3. The second kappa shape index (κ2) is 13.3. The van der Waals surface area contributed by atoms with Gasteiger partial charge in [0.05, 0.1) is 31.1 Å². The molecule has 2 aliphatic rings. The SMILES string of the molecule is CCCC1=C([C@H](O)CC/C(=C/c2cc(C)c(O)c(C)c2)CCC)[C@H](CO)[C@@H]2C(=O)N(Cc3cccs3)C(=O)[C@@H]2C1.